The van der Waals surface area contributed by atoms with Crippen molar-refractivity contribution in [1.29, 1.82) is 0 Å². The summed E-state index contributed by atoms with van der Waals surface area (Å²) in [6.45, 7) is 10.3. The van der Waals surface area contributed by atoms with Crippen LogP contribution in [0, 0.1) is 0 Å². The number of fused-ring (bicyclic) bond motifs is 2. The van der Waals surface area contributed by atoms with Gasteiger partial charge in [0.25, 0.3) is 5.91 Å². The number of amides is 3. The molecule has 48 heavy (non-hydrogen) atoms. The van der Waals surface area contributed by atoms with E-state index in [9.17, 15) is 9.59 Å². The van der Waals surface area contributed by atoms with Crippen molar-refractivity contribution in [2.24, 2.45) is 0 Å². The Hall–Kier alpha value is -4.62. The van der Waals surface area contributed by atoms with E-state index >= 15 is 0 Å². The number of benzene rings is 1. The maximum absolute atomic E-state index is 13.4. The minimum Gasteiger partial charge on any atom is -0.484 e. The monoisotopic (exact) mass is 654 g/mol. The summed E-state index contributed by atoms with van der Waals surface area (Å²) in [5.74, 6) is 1.51. The van der Waals surface area contributed by atoms with Crippen LogP contribution in [-0.2, 0) is 11.0 Å². The molecule has 1 fully saturated rings. The Balaban J connectivity index is 1.16. The van der Waals surface area contributed by atoms with Gasteiger partial charge in [-0.05, 0) is 76.5 Å². The summed E-state index contributed by atoms with van der Waals surface area (Å²) < 4.78 is 8.62. The zero-order valence-electron chi connectivity index (χ0n) is 28.6. The van der Waals surface area contributed by atoms with Crippen molar-refractivity contribution in [3.8, 4) is 5.75 Å². The lowest BCUT2D eigenvalue weighted by Gasteiger charge is -2.32. The number of hydrogen-bond acceptors (Lipinski definition) is 9. The number of rotatable bonds is 9. The summed E-state index contributed by atoms with van der Waals surface area (Å²) in [7, 11) is 3.87. The number of hydrogen-bond donors (Lipinski definition) is 4. The number of likely N-dealkylation sites (N-methyl/N-ethyl adjacent to an activating group) is 1. The number of pyridine rings is 1. The Morgan fingerprint density at radius 2 is 1.88 bits per heavy atom. The maximum Gasteiger partial charge on any atom is 0.320 e. The maximum atomic E-state index is 13.4. The van der Waals surface area contributed by atoms with Crippen LogP contribution < -0.4 is 26.0 Å². The summed E-state index contributed by atoms with van der Waals surface area (Å²) in [5, 5.41) is 21.3. The van der Waals surface area contributed by atoms with E-state index in [2.05, 4.69) is 54.4 Å². The summed E-state index contributed by atoms with van der Waals surface area (Å²) in [5.41, 5.74) is 2.86. The van der Waals surface area contributed by atoms with E-state index in [1.54, 1.807) is 6.07 Å². The molecule has 1 aromatic carbocycles. The molecular weight excluding hydrogens is 608 g/mol. The Kier molecular flexibility index (Phi) is 9.35. The van der Waals surface area contributed by atoms with E-state index < -0.39 is 6.03 Å². The second kappa shape index (κ2) is 13.5. The highest BCUT2D eigenvalue weighted by Crippen LogP contribution is 2.39. The number of nitrogens with zero attached hydrogens (tertiary/aromatic N) is 6. The van der Waals surface area contributed by atoms with Gasteiger partial charge in [-0.2, -0.15) is 0 Å². The summed E-state index contributed by atoms with van der Waals surface area (Å²) >= 11 is 0. The molecule has 0 saturated carbocycles. The van der Waals surface area contributed by atoms with Crippen molar-refractivity contribution >= 4 is 23.4 Å². The summed E-state index contributed by atoms with van der Waals surface area (Å²) in [4.78, 5) is 37.1. The van der Waals surface area contributed by atoms with Crippen LogP contribution in [-0.4, -0.2) is 75.1 Å². The summed E-state index contributed by atoms with van der Waals surface area (Å²) in [6.07, 6.45) is 5.26. The van der Waals surface area contributed by atoms with Crippen molar-refractivity contribution in [3.05, 3.63) is 77.1 Å². The van der Waals surface area contributed by atoms with E-state index in [4.69, 9.17) is 4.74 Å². The van der Waals surface area contributed by atoms with Gasteiger partial charge in [-0.1, -0.05) is 45.0 Å². The van der Waals surface area contributed by atoms with Crippen molar-refractivity contribution in [2.75, 3.05) is 39.0 Å². The van der Waals surface area contributed by atoms with E-state index in [1.165, 1.54) is 0 Å². The molecule has 1 aliphatic carbocycles. The molecule has 3 amide bonds. The Bertz CT molecular complexity index is 1790. The first-order chi connectivity index (χ1) is 22.9. The van der Waals surface area contributed by atoms with Gasteiger partial charge in [0.1, 0.15) is 17.7 Å². The molecule has 254 valence electrons. The van der Waals surface area contributed by atoms with Crippen LogP contribution in [0.15, 0.2) is 48.7 Å². The average Bonchev–Trinajstić information content (AvgIpc) is 3.68. The lowest BCUT2D eigenvalue weighted by molar-refractivity contribution is 0.0940. The first-order valence-electron chi connectivity index (χ1n) is 16.7. The largest absolute Gasteiger partial charge is 0.484 e. The van der Waals surface area contributed by atoms with Gasteiger partial charge < -0.3 is 25.6 Å². The lowest BCUT2D eigenvalue weighted by Crippen LogP contribution is -2.36. The molecule has 13 nitrogen and oxygen atoms in total. The molecule has 3 atom stereocenters. The zero-order valence-corrected chi connectivity index (χ0v) is 28.6. The van der Waals surface area contributed by atoms with Gasteiger partial charge >= 0.3 is 6.03 Å². The van der Waals surface area contributed by atoms with Crippen LogP contribution in [0.3, 0.4) is 0 Å². The van der Waals surface area contributed by atoms with E-state index in [0.29, 0.717) is 31.6 Å². The molecule has 4 N–H and O–H groups in total. The fraction of sp³-hybridized carbons (Fsp3) is 0.486. The van der Waals surface area contributed by atoms with Crippen LogP contribution in [0.4, 0.5) is 10.6 Å². The second-order valence-electron chi connectivity index (χ2n) is 14.2. The van der Waals surface area contributed by atoms with Gasteiger partial charge in [0, 0.05) is 24.6 Å². The number of ether oxygens (including phenoxy) is 1. The number of nitrogens with one attached hydrogen (secondary N) is 4. The molecule has 6 rings (SSSR count). The normalized spacial score (nSPS) is 20.8. The molecule has 2 aliphatic rings. The Labute approximate surface area is 281 Å². The second-order valence-corrected chi connectivity index (χ2v) is 14.2. The van der Waals surface area contributed by atoms with Crippen molar-refractivity contribution in [1.82, 2.24) is 45.4 Å². The Morgan fingerprint density at radius 3 is 2.60 bits per heavy atom. The molecule has 0 radical (unpaired) electrons. The number of carbonyl (C=O) groups is 2. The van der Waals surface area contributed by atoms with Crippen molar-refractivity contribution < 1.29 is 14.3 Å². The third-order valence-electron chi connectivity index (χ3n) is 9.04. The van der Waals surface area contributed by atoms with Gasteiger partial charge in [-0.3, -0.25) is 14.5 Å². The molecule has 4 aromatic rings. The van der Waals surface area contributed by atoms with Crippen LogP contribution in [0.1, 0.15) is 98.8 Å². The number of carbonyl (C=O) groups excluding carboxylic acids is 2. The molecule has 0 spiro atoms. The quantitative estimate of drug-likeness (QED) is 0.205. The molecule has 0 bridgehead atoms. The summed E-state index contributed by atoms with van der Waals surface area (Å²) in [6, 6.07) is 13.0. The molecule has 4 heterocycles. The predicted molar refractivity (Wildman–Crippen MR) is 183 cm³/mol. The zero-order chi connectivity index (χ0) is 34.1. The van der Waals surface area contributed by atoms with Gasteiger partial charge in [0.15, 0.2) is 11.5 Å². The predicted octanol–water partition coefficient (Wildman–Crippen LogP) is 4.48. The molecule has 3 aromatic heterocycles. The highest BCUT2D eigenvalue weighted by molar-refractivity contribution is 5.92. The third-order valence-corrected chi connectivity index (χ3v) is 9.04. The Morgan fingerprint density at radius 1 is 1.08 bits per heavy atom. The minimum absolute atomic E-state index is 0.0184. The number of urea groups is 1. The molecular formula is C35H46N10O3. The number of aromatic nitrogens is 5. The minimum atomic E-state index is -0.411. The highest BCUT2D eigenvalue weighted by atomic mass is 16.5. The van der Waals surface area contributed by atoms with Crippen LogP contribution >= 0.6 is 0 Å². The van der Waals surface area contributed by atoms with Gasteiger partial charge in [-0.25, -0.2) is 14.8 Å². The number of anilines is 1. The molecule has 1 saturated heterocycles. The lowest BCUT2D eigenvalue weighted by atomic mass is 9.85. The SMILES string of the molecule is CN(C)CCNC(=O)c1nc(NC(=O)N[C@H]2CC[C@@H](Oc3ccc4nnc(C5(C)CCCN5)n4c3)c3ccccc32)cc(C(C)(C)C)n1. The van der Waals surface area contributed by atoms with Gasteiger partial charge in [0.2, 0.25) is 5.82 Å². The van der Waals surface area contributed by atoms with Crippen molar-refractivity contribution in [3.63, 3.8) is 0 Å². The van der Waals surface area contributed by atoms with Crippen molar-refractivity contribution in [2.45, 2.75) is 76.5 Å². The average molecular weight is 655 g/mol. The van der Waals surface area contributed by atoms with Gasteiger partial charge in [-0.15, -0.1) is 10.2 Å². The van der Waals surface area contributed by atoms with Gasteiger partial charge in [0.05, 0.1) is 23.5 Å². The molecule has 13 heteroatoms. The highest BCUT2D eigenvalue weighted by Gasteiger charge is 2.35. The molecule has 1 unspecified atom stereocenters. The topological polar surface area (TPSA) is 151 Å². The first-order valence-corrected chi connectivity index (χ1v) is 16.7. The standard InChI is InChI=1S/C35H46N10O3/c1-34(2,3)27-20-28(40-30(39-27)31(46)36-18-19-44(5)6)41-33(47)38-25-13-14-26(24-11-8-7-10-23(24)25)48-22-12-15-29-42-43-32(45(29)21-22)35(4)16-9-17-37-35/h7-8,10-12,15,20-21,25-26,37H,9,13-14,16-19H2,1-6H3,(H,36,46)(H2,38,39,40,41,47)/t25-,26+,35?/m0/s1. The van der Waals surface area contributed by atoms with Crippen LogP contribution in [0.5, 0.6) is 5.75 Å². The van der Waals surface area contributed by atoms with E-state index in [1.807, 2.05) is 80.7 Å². The van der Waals surface area contributed by atoms with E-state index in [-0.39, 0.29) is 40.6 Å². The van der Waals surface area contributed by atoms with E-state index in [0.717, 1.165) is 47.7 Å². The third kappa shape index (κ3) is 7.26. The smallest absolute Gasteiger partial charge is 0.320 e. The van der Waals surface area contributed by atoms with Crippen LogP contribution in [0.25, 0.3) is 5.65 Å². The first kappa shape index (κ1) is 33.3. The fourth-order valence-corrected chi connectivity index (χ4v) is 6.37. The molecule has 1 aliphatic heterocycles. The fourth-order valence-electron chi connectivity index (χ4n) is 6.37. The van der Waals surface area contributed by atoms with Crippen LogP contribution in [0.2, 0.25) is 0 Å².